The molecule has 0 atom stereocenters. The molecule has 0 saturated carbocycles. The minimum Gasteiger partial charge on any atom is -0.298 e. The monoisotopic (exact) mass is 308 g/mol. The fourth-order valence-corrected chi connectivity index (χ4v) is 2.73. The number of carbonyl (C=O) groups excluding carboxylic acids is 1. The Bertz CT molecular complexity index is 927. The van der Waals surface area contributed by atoms with Crippen molar-refractivity contribution in [2.75, 3.05) is 0 Å². The first-order valence-electron chi connectivity index (χ1n) is 7.31. The number of halogens is 1. The average Bonchev–Trinajstić information content (AvgIpc) is 2.96. The molecule has 1 N–H and O–H groups in total. The quantitative estimate of drug-likeness (QED) is 0.791. The molecule has 5 nitrogen and oxygen atoms in total. The van der Waals surface area contributed by atoms with Crippen LogP contribution in [0.25, 0.3) is 16.9 Å². The molecule has 3 aromatic rings. The number of fused-ring (bicyclic) bond motifs is 1. The van der Waals surface area contributed by atoms with Gasteiger partial charge in [0.25, 0.3) is 0 Å². The van der Waals surface area contributed by atoms with E-state index in [-0.39, 0.29) is 11.7 Å². The summed E-state index contributed by atoms with van der Waals surface area (Å²) in [6.45, 7) is 0. The first kappa shape index (κ1) is 13.6. The van der Waals surface area contributed by atoms with E-state index in [0.29, 0.717) is 12.8 Å². The number of hydrogen-bond donors (Lipinski definition) is 1. The van der Waals surface area contributed by atoms with Crippen LogP contribution in [-0.4, -0.2) is 21.0 Å². The number of nitrogens with zero attached hydrogens (tertiary/aromatic N) is 3. The number of amides is 1. The number of hydrogen-bond acceptors (Lipinski definition) is 3. The summed E-state index contributed by atoms with van der Waals surface area (Å²) in [5, 5.41) is 4.19. The largest absolute Gasteiger partial charge is 0.298 e. The molecular formula is C17H13FN4O. The second kappa shape index (κ2) is 5.31. The predicted octanol–water partition coefficient (Wildman–Crippen LogP) is 2.75. The Morgan fingerprint density at radius 2 is 1.91 bits per heavy atom. The molecule has 0 aliphatic carbocycles. The predicted molar refractivity (Wildman–Crippen MR) is 84.5 cm³/mol. The van der Waals surface area contributed by atoms with Crippen LogP contribution in [-0.2, 0) is 4.79 Å². The highest BCUT2D eigenvalue weighted by atomic mass is 19.1. The SMILES string of the molecule is O=C1CCC(c2c(-c3ccc(F)cc3)nc3ccccn23)=NN1. The first-order chi connectivity index (χ1) is 11.2. The third kappa shape index (κ3) is 2.38. The Morgan fingerprint density at radius 1 is 1.09 bits per heavy atom. The molecule has 0 bridgehead atoms. The molecule has 1 aromatic carbocycles. The number of hydrazone groups is 1. The molecule has 1 aliphatic heterocycles. The second-order valence-electron chi connectivity index (χ2n) is 5.34. The van der Waals surface area contributed by atoms with Crippen LogP contribution in [0.5, 0.6) is 0 Å². The summed E-state index contributed by atoms with van der Waals surface area (Å²) in [6.07, 6.45) is 2.84. The highest BCUT2D eigenvalue weighted by Crippen LogP contribution is 2.27. The van der Waals surface area contributed by atoms with Crippen molar-refractivity contribution >= 4 is 17.3 Å². The number of pyridine rings is 1. The minimum absolute atomic E-state index is 0.0918. The van der Waals surface area contributed by atoms with Crippen molar-refractivity contribution in [2.45, 2.75) is 12.8 Å². The standard InChI is InChI=1S/C17H13FN4O/c18-12-6-4-11(5-7-12)16-17(13-8-9-15(23)21-20-13)22-10-2-1-3-14(22)19-16/h1-7,10H,8-9H2,(H,21,23). The van der Waals surface area contributed by atoms with Crippen molar-refractivity contribution in [3.05, 3.63) is 60.2 Å². The molecular weight excluding hydrogens is 295 g/mol. The Hall–Kier alpha value is -3.02. The topological polar surface area (TPSA) is 58.8 Å². The molecule has 0 radical (unpaired) electrons. The molecule has 0 spiro atoms. The Morgan fingerprint density at radius 3 is 2.65 bits per heavy atom. The van der Waals surface area contributed by atoms with Crippen LogP contribution in [0.3, 0.4) is 0 Å². The highest BCUT2D eigenvalue weighted by molar-refractivity contribution is 6.07. The van der Waals surface area contributed by atoms with Crippen molar-refractivity contribution in [1.82, 2.24) is 14.8 Å². The summed E-state index contributed by atoms with van der Waals surface area (Å²) < 4.78 is 15.1. The summed E-state index contributed by atoms with van der Waals surface area (Å²) in [7, 11) is 0. The molecule has 1 aliphatic rings. The zero-order valence-corrected chi connectivity index (χ0v) is 12.2. The van der Waals surface area contributed by atoms with Crippen LogP contribution in [0.15, 0.2) is 53.8 Å². The maximum atomic E-state index is 13.2. The van der Waals surface area contributed by atoms with Crippen molar-refractivity contribution in [3.8, 4) is 11.3 Å². The fraction of sp³-hybridized carbons (Fsp3) is 0.118. The second-order valence-corrected chi connectivity index (χ2v) is 5.34. The van der Waals surface area contributed by atoms with Crippen molar-refractivity contribution in [2.24, 2.45) is 5.10 Å². The van der Waals surface area contributed by atoms with Crippen molar-refractivity contribution < 1.29 is 9.18 Å². The fourth-order valence-electron chi connectivity index (χ4n) is 2.73. The first-order valence-corrected chi connectivity index (χ1v) is 7.31. The lowest BCUT2D eigenvalue weighted by Gasteiger charge is -2.13. The third-order valence-electron chi connectivity index (χ3n) is 3.83. The number of benzene rings is 1. The van der Waals surface area contributed by atoms with Gasteiger partial charge in [-0.05, 0) is 36.4 Å². The average molecular weight is 308 g/mol. The van der Waals surface area contributed by atoms with Gasteiger partial charge in [-0.3, -0.25) is 9.20 Å². The van der Waals surface area contributed by atoms with Crippen molar-refractivity contribution in [1.29, 1.82) is 0 Å². The molecule has 2 aromatic heterocycles. The number of aromatic nitrogens is 2. The maximum absolute atomic E-state index is 13.2. The van der Waals surface area contributed by atoms with Gasteiger partial charge < -0.3 is 0 Å². The Kier molecular flexibility index (Phi) is 3.15. The number of carbonyl (C=O) groups is 1. The van der Waals surface area contributed by atoms with Gasteiger partial charge >= 0.3 is 0 Å². The third-order valence-corrected chi connectivity index (χ3v) is 3.83. The summed E-state index contributed by atoms with van der Waals surface area (Å²) in [4.78, 5) is 16.0. The van der Waals surface area contributed by atoms with Gasteiger partial charge in [-0.1, -0.05) is 6.07 Å². The Balaban J connectivity index is 1.95. The van der Waals surface area contributed by atoms with Crippen molar-refractivity contribution in [3.63, 3.8) is 0 Å². The van der Waals surface area contributed by atoms with Gasteiger partial charge in [0.1, 0.15) is 11.5 Å². The molecule has 114 valence electrons. The Labute approximate surface area is 131 Å². The zero-order valence-electron chi connectivity index (χ0n) is 12.2. The molecule has 6 heteroatoms. The van der Waals surface area contributed by atoms with E-state index in [1.165, 1.54) is 12.1 Å². The summed E-state index contributed by atoms with van der Waals surface area (Å²) >= 11 is 0. The van der Waals surface area contributed by atoms with Crippen LogP contribution >= 0.6 is 0 Å². The van der Waals surface area contributed by atoms with Gasteiger partial charge in [0.05, 0.1) is 17.1 Å². The van der Waals surface area contributed by atoms with Gasteiger partial charge in [0, 0.05) is 24.6 Å². The van der Waals surface area contributed by atoms with Crippen LogP contribution in [0.4, 0.5) is 4.39 Å². The highest BCUT2D eigenvalue weighted by Gasteiger charge is 2.22. The maximum Gasteiger partial charge on any atom is 0.240 e. The van der Waals surface area contributed by atoms with Crippen LogP contribution in [0.1, 0.15) is 18.5 Å². The number of imidazole rings is 1. The van der Waals surface area contributed by atoms with Gasteiger partial charge in [-0.2, -0.15) is 5.10 Å². The van der Waals surface area contributed by atoms with E-state index >= 15 is 0 Å². The van der Waals surface area contributed by atoms with Gasteiger partial charge in [-0.15, -0.1) is 0 Å². The molecule has 1 amide bonds. The van der Waals surface area contributed by atoms with Crippen LogP contribution in [0, 0.1) is 5.82 Å². The molecule has 0 saturated heterocycles. The summed E-state index contributed by atoms with van der Waals surface area (Å²) in [6, 6.07) is 11.9. The molecule has 4 rings (SSSR count). The van der Waals surface area contributed by atoms with E-state index in [4.69, 9.17) is 0 Å². The minimum atomic E-state index is -0.290. The van der Waals surface area contributed by atoms with Gasteiger partial charge in [0.15, 0.2) is 0 Å². The van der Waals surface area contributed by atoms with Gasteiger partial charge in [-0.25, -0.2) is 14.8 Å². The summed E-state index contributed by atoms with van der Waals surface area (Å²) in [5.74, 6) is -0.382. The van der Waals surface area contributed by atoms with Crippen LogP contribution < -0.4 is 5.43 Å². The molecule has 0 unspecified atom stereocenters. The molecule has 3 heterocycles. The lowest BCUT2D eigenvalue weighted by atomic mass is 10.0. The molecule has 0 fully saturated rings. The lowest BCUT2D eigenvalue weighted by molar-refractivity contribution is -0.121. The number of nitrogens with one attached hydrogen (secondary N) is 1. The number of rotatable bonds is 2. The summed E-state index contributed by atoms with van der Waals surface area (Å²) in [5.41, 5.74) is 6.43. The van der Waals surface area contributed by atoms with Gasteiger partial charge in [0.2, 0.25) is 5.91 Å². The van der Waals surface area contributed by atoms with E-state index in [0.717, 1.165) is 28.3 Å². The van der Waals surface area contributed by atoms with E-state index in [2.05, 4.69) is 15.5 Å². The smallest absolute Gasteiger partial charge is 0.240 e. The molecule has 23 heavy (non-hydrogen) atoms. The van der Waals surface area contributed by atoms with E-state index in [9.17, 15) is 9.18 Å². The normalized spacial score (nSPS) is 14.7. The van der Waals surface area contributed by atoms with E-state index < -0.39 is 0 Å². The van der Waals surface area contributed by atoms with E-state index in [1.54, 1.807) is 12.1 Å². The lowest BCUT2D eigenvalue weighted by Crippen LogP contribution is -2.26. The van der Waals surface area contributed by atoms with Crippen LogP contribution in [0.2, 0.25) is 0 Å². The zero-order chi connectivity index (χ0) is 15.8. The van der Waals surface area contributed by atoms with E-state index in [1.807, 2.05) is 28.8 Å².